The number of rotatable bonds is 3. The Kier molecular flexibility index (Phi) is 3.85. The van der Waals surface area contributed by atoms with E-state index in [1.165, 1.54) is 0 Å². The Labute approximate surface area is 152 Å². The second kappa shape index (κ2) is 6.19. The molecule has 0 fully saturated rings. The number of amides is 1. The normalized spacial score (nSPS) is 11.0. The molecule has 0 unspecified atom stereocenters. The Morgan fingerprint density at radius 3 is 2.12 bits per heavy atom. The Morgan fingerprint density at radius 2 is 1.46 bits per heavy atom. The maximum atomic E-state index is 12.4. The molecule has 0 aromatic heterocycles. The summed E-state index contributed by atoms with van der Waals surface area (Å²) in [5.74, 6) is 0.292. The van der Waals surface area contributed by atoms with Crippen molar-refractivity contribution in [2.24, 2.45) is 5.73 Å². The molecule has 0 atom stereocenters. The van der Waals surface area contributed by atoms with E-state index in [2.05, 4.69) is 12.1 Å². The fourth-order valence-electron chi connectivity index (χ4n) is 3.74. The van der Waals surface area contributed by atoms with Crippen molar-refractivity contribution < 1.29 is 9.53 Å². The summed E-state index contributed by atoms with van der Waals surface area (Å²) in [5, 5.41) is 4.18. The highest BCUT2D eigenvalue weighted by Crippen LogP contribution is 2.43. The molecule has 4 rings (SSSR count). The molecule has 0 radical (unpaired) electrons. The molecule has 3 heteroatoms. The van der Waals surface area contributed by atoms with Crippen molar-refractivity contribution in [3.8, 4) is 16.9 Å². The predicted octanol–water partition coefficient (Wildman–Crippen LogP) is 5.08. The number of fused-ring (bicyclic) bond motifs is 2. The van der Waals surface area contributed by atoms with Crippen LogP contribution in [0.5, 0.6) is 5.75 Å². The van der Waals surface area contributed by atoms with Crippen LogP contribution in [0.1, 0.15) is 15.9 Å². The quantitative estimate of drug-likeness (QED) is 0.565. The van der Waals surface area contributed by atoms with Crippen LogP contribution < -0.4 is 10.5 Å². The molecule has 1 amide bonds. The van der Waals surface area contributed by atoms with E-state index < -0.39 is 5.91 Å². The van der Waals surface area contributed by atoms with E-state index in [1.54, 1.807) is 7.11 Å². The van der Waals surface area contributed by atoms with Gasteiger partial charge in [0.1, 0.15) is 5.75 Å². The van der Waals surface area contributed by atoms with Gasteiger partial charge in [-0.3, -0.25) is 4.79 Å². The van der Waals surface area contributed by atoms with Crippen LogP contribution in [-0.2, 0) is 0 Å². The minimum absolute atomic E-state index is 0.432. The molecule has 0 spiro atoms. The number of aryl methyl sites for hydroxylation is 1. The lowest BCUT2D eigenvalue weighted by Crippen LogP contribution is -2.15. The fraction of sp³-hybridized carbons (Fsp3) is 0.0870. The fourth-order valence-corrected chi connectivity index (χ4v) is 3.74. The lowest BCUT2D eigenvalue weighted by Gasteiger charge is -2.19. The van der Waals surface area contributed by atoms with Gasteiger partial charge in [0.25, 0.3) is 0 Å². The van der Waals surface area contributed by atoms with Crippen molar-refractivity contribution in [2.75, 3.05) is 7.11 Å². The van der Waals surface area contributed by atoms with E-state index in [-0.39, 0.29) is 0 Å². The van der Waals surface area contributed by atoms with Crippen LogP contribution in [-0.4, -0.2) is 13.0 Å². The summed E-state index contributed by atoms with van der Waals surface area (Å²) in [6.45, 7) is 1.92. The van der Waals surface area contributed by atoms with Crippen LogP contribution in [0.2, 0.25) is 0 Å². The smallest absolute Gasteiger partial charge is 0.249 e. The number of hydrogen-bond acceptors (Lipinski definition) is 2. The summed E-state index contributed by atoms with van der Waals surface area (Å²) < 4.78 is 5.68. The first kappa shape index (κ1) is 16.2. The van der Waals surface area contributed by atoms with E-state index in [0.717, 1.165) is 44.0 Å². The van der Waals surface area contributed by atoms with E-state index in [0.29, 0.717) is 5.56 Å². The van der Waals surface area contributed by atoms with Gasteiger partial charge in [-0.1, -0.05) is 60.7 Å². The zero-order chi connectivity index (χ0) is 18.3. The molecule has 0 bridgehead atoms. The van der Waals surface area contributed by atoms with Gasteiger partial charge in [0.15, 0.2) is 0 Å². The van der Waals surface area contributed by atoms with Crippen LogP contribution in [0, 0.1) is 6.92 Å². The highest BCUT2D eigenvalue weighted by molar-refractivity contribution is 6.16. The van der Waals surface area contributed by atoms with Gasteiger partial charge in [0.2, 0.25) is 5.91 Å². The Balaban J connectivity index is 2.28. The van der Waals surface area contributed by atoms with Crippen LogP contribution in [0.25, 0.3) is 32.7 Å². The zero-order valence-electron chi connectivity index (χ0n) is 14.7. The molecule has 0 aliphatic heterocycles. The van der Waals surface area contributed by atoms with E-state index in [1.807, 2.05) is 61.5 Å². The lowest BCUT2D eigenvalue weighted by molar-refractivity contribution is 0.100. The van der Waals surface area contributed by atoms with Gasteiger partial charge < -0.3 is 10.5 Å². The molecule has 0 saturated heterocycles. The van der Waals surface area contributed by atoms with Crippen molar-refractivity contribution in [1.29, 1.82) is 0 Å². The lowest BCUT2D eigenvalue weighted by atomic mass is 9.87. The number of carbonyl (C=O) groups is 1. The van der Waals surface area contributed by atoms with Crippen molar-refractivity contribution in [1.82, 2.24) is 0 Å². The standard InChI is InChI=1S/C23H19NO2/c1-14-13-16-8-4-6-10-18(16)22(20(14)23(24)25)21-17-9-5-3-7-15(17)11-12-19(21)26-2/h3-13H,1-2H3,(H2,24,25). The SMILES string of the molecule is COc1ccc2ccccc2c1-c1c(C(N)=O)c(C)cc2ccccc12. The van der Waals surface area contributed by atoms with Gasteiger partial charge in [-0.05, 0) is 40.1 Å². The summed E-state index contributed by atoms with van der Waals surface area (Å²) >= 11 is 0. The van der Waals surface area contributed by atoms with Crippen LogP contribution in [0.3, 0.4) is 0 Å². The van der Waals surface area contributed by atoms with Crippen LogP contribution in [0.15, 0.2) is 66.7 Å². The number of methoxy groups -OCH3 is 1. The average molecular weight is 341 g/mol. The van der Waals surface area contributed by atoms with Gasteiger partial charge in [-0.25, -0.2) is 0 Å². The number of nitrogens with two attached hydrogens (primary N) is 1. The molecule has 0 aliphatic carbocycles. The maximum Gasteiger partial charge on any atom is 0.249 e. The first-order valence-corrected chi connectivity index (χ1v) is 8.50. The van der Waals surface area contributed by atoms with E-state index >= 15 is 0 Å². The minimum atomic E-state index is -0.432. The number of ether oxygens (including phenoxy) is 1. The second-order valence-electron chi connectivity index (χ2n) is 6.39. The number of hydrogen-bond donors (Lipinski definition) is 1. The topological polar surface area (TPSA) is 52.3 Å². The van der Waals surface area contributed by atoms with Crippen molar-refractivity contribution >= 4 is 27.5 Å². The highest BCUT2D eigenvalue weighted by Gasteiger charge is 2.21. The first-order valence-electron chi connectivity index (χ1n) is 8.50. The van der Waals surface area contributed by atoms with E-state index in [9.17, 15) is 4.79 Å². The largest absolute Gasteiger partial charge is 0.496 e. The molecular weight excluding hydrogens is 322 g/mol. The van der Waals surface area contributed by atoms with Gasteiger partial charge in [-0.2, -0.15) is 0 Å². The van der Waals surface area contributed by atoms with Gasteiger partial charge in [0.05, 0.1) is 12.7 Å². The van der Waals surface area contributed by atoms with Gasteiger partial charge in [0, 0.05) is 11.1 Å². The first-order chi connectivity index (χ1) is 12.6. The monoisotopic (exact) mass is 341 g/mol. The van der Waals surface area contributed by atoms with Crippen molar-refractivity contribution in [3.05, 3.63) is 77.9 Å². The third-order valence-electron chi connectivity index (χ3n) is 4.85. The molecule has 0 aliphatic rings. The molecular formula is C23H19NO2. The van der Waals surface area contributed by atoms with Crippen LogP contribution >= 0.6 is 0 Å². The summed E-state index contributed by atoms with van der Waals surface area (Å²) in [5.41, 5.74) is 8.94. The van der Waals surface area contributed by atoms with Crippen molar-refractivity contribution in [2.45, 2.75) is 6.92 Å². The molecule has 0 heterocycles. The molecule has 0 saturated carbocycles. The molecule has 4 aromatic rings. The number of primary amides is 1. The summed E-state index contributed by atoms with van der Waals surface area (Å²) in [6, 6.07) is 22.1. The molecule has 128 valence electrons. The number of carbonyl (C=O) groups excluding carboxylic acids is 1. The van der Waals surface area contributed by atoms with Gasteiger partial charge in [-0.15, -0.1) is 0 Å². The molecule has 2 N–H and O–H groups in total. The minimum Gasteiger partial charge on any atom is -0.496 e. The van der Waals surface area contributed by atoms with Crippen LogP contribution in [0.4, 0.5) is 0 Å². The third kappa shape index (κ3) is 2.40. The third-order valence-corrected chi connectivity index (χ3v) is 4.85. The Bertz CT molecular complexity index is 1160. The maximum absolute atomic E-state index is 12.4. The molecule has 4 aromatic carbocycles. The zero-order valence-corrected chi connectivity index (χ0v) is 14.7. The number of benzene rings is 4. The second-order valence-corrected chi connectivity index (χ2v) is 6.39. The Hall–Kier alpha value is -3.33. The van der Waals surface area contributed by atoms with E-state index in [4.69, 9.17) is 10.5 Å². The summed E-state index contributed by atoms with van der Waals surface area (Å²) in [7, 11) is 1.65. The van der Waals surface area contributed by atoms with Gasteiger partial charge >= 0.3 is 0 Å². The average Bonchev–Trinajstić information content (AvgIpc) is 2.65. The summed E-state index contributed by atoms with van der Waals surface area (Å²) in [6.07, 6.45) is 0. The Morgan fingerprint density at radius 1 is 0.846 bits per heavy atom. The molecule has 3 nitrogen and oxygen atoms in total. The summed E-state index contributed by atoms with van der Waals surface area (Å²) in [4.78, 5) is 12.4. The predicted molar refractivity (Wildman–Crippen MR) is 107 cm³/mol. The highest BCUT2D eigenvalue weighted by atomic mass is 16.5. The van der Waals surface area contributed by atoms with Crippen molar-refractivity contribution in [3.63, 3.8) is 0 Å². The molecule has 26 heavy (non-hydrogen) atoms.